The average molecular weight is 420 g/mol. The number of nitrogens with zero attached hydrogens (tertiary/aromatic N) is 2. The SMILES string of the molecule is CCN(CC)S(=O)(=O)c1cc(Cl)c(Cl)c(Cl)c1SCSC#N. The molecule has 0 aliphatic heterocycles. The summed E-state index contributed by atoms with van der Waals surface area (Å²) in [4.78, 5) is 0.324. The van der Waals surface area contributed by atoms with Crippen LogP contribution in [0.1, 0.15) is 13.8 Å². The number of thiocyanates is 1. The van der Waals surface area contributed by atoms with Crippen LogP contribution < -0.4 is 0 Å². The van der Waals surface area contributed by atoms with Crippen LogP contribution in [0.3, 0.4) is 0 Å². The minimum Gasteiger partial charge on any atom is -0.207 e. The highest BCUT2D eigenvalue weighted by atomic mass is 35.5. The number of sulfonamides is 1. The second-order valence-electron chi connectivity index (χ2n) is 3.90. The predicted octanol–water partition coefficient (Wildman–Crippen LogP) is 4.94. The van der Waals surface area contributed by atoms with Crippen molar-refractivity contribution >= 4 is 68.3 Å². The minimum atomic E-state index is -3.74. The van der Waals surface area contributed by atoms with Crippen molar-refractivity contribution in [3.8, 4) is 5.40 Å². The van der Waals surface area contributed by atoms with Crippen LogP contribution in [0.25, 0.3) is 0 Å². The van der Waals surface area contributed by atoms with Crippen LogP contribution in [0.4, 0.5) is 0 Å². The first-order valence-corrected chi connectivity index (χ1v) is 10.7. The van der Waals surface area contributed by atoms with E-state index < -0.39 is 10.0 Å². The summed E-state index contributed by atoms with van der Waals surface area (Å²) in [6.45, 7) is 4.15. The molecule has 0 fully saturated rings. The fourth-order valence-corrected chi connectivity index (χ4v) is 6.05. The molecule has 0 atom stereocenters. The quantitative estimate of drug-likeness (QED) is 0.206. The van der Waals surface area contributed by atoms with E-state index in [1.807, 2.05) is 5.40 Å². The molecule has 0 unspecified atom stereocenters. The number of nitriles is 1. The predicted molar refractivity (Wildman–Crippen MR) is 95.5 cm³/mol. The van der Waals surface area contributed by atoms with Gasteiger partial charge in [-0.3, -0.25) is 0 Å². The van der Waals surface area contributed by atoms with Gasteiger partial charge in [0.25, 0.3) is 0 Å². The third-order valence-corrected chi connectivity index (χ3v) is 8.10. The lowest BCUT2D eigenvalue weighted by atomic mass is 10.3. The summed E-state index contributed by atoms with van der Waals surface area (Å²) in [5, 5.41) is 11.1. The maximum Gasteiger partial charge on any atom is 0.244 e. The van der Waals surface area contributed by atoms with Gasteiger partial charge in [0.05, 0.1) is 25.0 Å². The lowest BCUT2D eigenvalue weighted by molar-refractivity contribution is 0.444. The number of rotatable bonds is 7. The first-order valence-electron chi connectivity index (χ1n) is 6.12. The van der Waals surface area contributed by atoms with Crippen molar-refractivity contribution in [2.24, 2.45) is 0 Å². The van der Waals surface area contributed by atoms with Crippen molar-refractivity contribution < 1.29 is 8.42 Å². The Hall–Kier alpha value is 0.190. The summed E-state index contributed by atoms with van der Waals surface area (Å²) in [5.74, 6) is 0. The molecule has 0 saturated heterocycles. The van der Waals surface area contributed by atoms with Crippen LogP contribution in [0.5, 0.6) is 0 Å². The van der Waals surface area contributed by atoms with Gasteiger partial charge in [-0.25, -0.2) is 8.42 Å². The van der Waals surface area contributed by atoms with Crippen molar-refractivity contribution in [2.75, 3.05) is 18.2 Å². The molecule has 0 saturated carbocycles. The summed E-state index contributed by atoms with van der Waals surface area (Å²) >= 11 is 20.3. The van der Waals surface area contributed by atoms with Crippen LogP contribution in [-0.2, 0) is 10.0 Å². The zero-order valence-electron chi connectivity index (χ0n) is 11.8. The molecule has 0 bridgehead atoms. The van der Waals surface area contributed by atoms with E-state index in [4.69, 9.17) is 40.1 Å². The number of hydrogen-bond acceptors (Lipinski definition) is 5. The Morgan fingerprint density at radius 1 is 1.23 bits per heavy atom. The van der Waals surface area contributed by atoms with Crippen molar-refractivity contribution in [3.05, 3.63) is 21.1 Å². The molecule has 1 aromatic carbocycles. The van der Waals surface area contributed by atoms with E-state index >= 15 is 0 Å². The Bertz CT molecular complexity index is 686. The molecule has 0 amide bonds. The monoisotopic (exact) mass is 418 g/mol. The highest BCUT2D eigenvalue weighted by Gasteiger charge is 2.28. The molecule has 0 aromatic heterocycles. The third-order valence-electron chi connectivity index (χ3n) is 2.73. The van der Waals surface area contributed by atoms with Gasteiger partial charge in [-0.2, -0.15) is 9.57 Å². The van der Waals surface area contributed by atoms with E-state index in [1.165, 1.54) is 10.4 Å². The Morgan fingerprint density at radius 3 is 2.32 bits per heavy atom. The summed E-state index contributed by atoms with van der Waals surface area (Å²) in [7, 11) is -3.74. The van der Waals surface area contributed by atoms with Crippen LogP contribution in [0.2, 0.25) is 15.1 Å². The molecule has 0 aliphatic rings. The van der Waals surface area contributed by atoms with Crippen LogP contribution in [0, 0.1) is 10.7 Å². The van der Waals surface area contributed by atoms with Gasteiger partial charge in [0.15, 0.2) is 0 Å². The summed E-state index contributed by atoms with van der Waals surface area (Å²) in [5.41, 5.74) is 0. The Kier molecular flexibility index (Phi) is 8.17. The topological polar surface area (TPSA) is 61.2 Å². The van der Waals surface area contributed by atoms with Crippen LogP contribution in [0.15, 0.2) is 15.9 Å². The van der Waals surface area contributed by atoms with E-state index in [-0.39, 0.29) is 20.0 Å². The van der Waals surface area contributed by atoms with E-state index in [1.54, 1.807) is 13.8 Å². The fourth-order valence-electron chi connectivity index (χ4n) is 1.70. The van der Waals surface area contributed by atoms with Gasteiger partial charge in [-0.15, -0.1) is 11.8 Å². The molecule has 0 spiro atoms. The zero-order chi connectivity index (χ0) is 16.9. The Morgan fingerprint density at radius 2 is 1.82 bits per heavy atom. The molecule has 122 valence electrons. The molecule has 10 heteroatoms. The second-order valence-corrected chi connectivity index (χ2v) is 9.08. The molecular formula is C12H13Cl3N2O2S3. The van der Waals surface area contributed by atoms with Gasteiger partial charge >= 0.3 is 0 Å². The summed E-state index contributed by atoms with van der Waals surface area (Å²) in [6.07, 6.45) is 0. The van der Waals surface area contributed by atoms with Crippen molar-refractivity contribution in [2.45, 2.75) is 23.6 Å². The number of thioether (sulfide) groups is 2. The lowest BCUT2D eigenvalue weighted by Gasteiger charge is -2.21. The third kappa shape index (κ3) is 4.38. The molecule has 0 aliphatic carbocycles. The highest BCUT2D eigenvalue weighted by molar-refractivity contribution is 8.18. The molecule has 1 aromatic rings. The van der Waals surface area contributed by atoms with Gasteiger partial charge in [0.1, 0.15) is 5.40 Å². The van der Waals surface area contributed by atoms with Crippen LogP contribution in [-0.4, -0.2) is 30.9 Å². The molecule has 1 rings (SSSR count). The lowest BCUT2D eigenvalue weighted by Crippen LogP contribution is -2.31. The molecule has 4 nitrogen and oxygen atoms in total. The maximum atomic E-state index is 12.7. The van der Waals surface area contributed by atoms with Gasteiger partial charge in [0, 0.05) is 18.0 Å². The van der Waals surface area contributed by atoms with Gasteiger partial charge in [-0.05, 0) is 17.8 Å². The second kappa shape index (κ2) is 8.88. The number of benzene rings is 1. The van der Waals surface area contributed by atoms with E-state index in [9.17, 15) is 8.42 Å². The smallest absolute Gasteiger partial charge is 0.207 e. The average Bonchev–Trinajstić information content (AvgIpc) is 2.47. The van der Waals surface area contributed by atoms with E-state index in [0.29, 0.717) is 23.1 Å². The van der Waals surface area contributed by atoms with Crippen molar-refractivity contribution in [3.63, 3.8) is 0 Å². The molecule has 0 N–H and O–H groups in total. The maximum absolute atomic E-state index is 12.7. The Labute approximate surface area is 154 Å². The first-order chi connectivity index (χ1) is 10.3. The molecule has 0 heterocycles. The van der Waals surface area contributed by atoms with Crippen molar-refractivity contribution in [1.29, 1.82) is 5.26 Å². The van der Waals surface area contributed by atoms with E-state index in [0.717, 1.165) is 23.5 Å². The van der Waals surface area contributed by atoms with Gasteiger partial charge in [0.2, 0.25) is 10.0 Å². The summed E-state index contributed by atoms with van der Waals surface area (Å²) < 4.78 is 26.8. The molecule has 0 radical (unpaired) electrons. The summed E-state index contributed by atoms with van der Waals surface area (Å²) in [6, 6.07) is 1.31. The minimum absolute atomic E-state index is 0.0131. The number of hydrogen-bond donors (Lipinski definition) is 0. The standard InChI is InChI=1S/C12H13Cl3N2O2S3/c1-3-17(4-2)22(18,19)9-5-8(13)10(14)11(15)12(9)21-7-20-6-16/h5H,3-4,7H2,1-2H3. The first kappa shape index (κ1) is 20.2. The largest absolute Gasteiger partial charge is 0.244 e. The molecular weight excluding hydrogens is 407 g/mol. The van der Waals surface area contributed by atoms with Gasteiger partial charge in [-0.1, -0.05) is 48.7 Å². The number of halogens is 3. The van der Waals surface area contributed by atoms with E-state index in [2.05, 4.69) is 0 Å². The fraction of sp³-hybridized carbons (Fsp3) is 0.417. The highest BCUT2D eigenvalue weighted by Crippen LogP contribution is 2.43. The normalized spacial score (nSPS) is 11.7. The van der Waals surface area contributed by atoms with Gasteiger partial charge < -0.3 is 0 Å². The van der Waals surface area contributed by atoms with Crippen molar-refractivity contribution in [1.82, 2.24) is 4.31 Å². The molecule has 22 heavy (non-hydrogen) atoms. The van der Waals surface area contributed by atoms with Crippen LogP contribution >= 0.6 is 58.3 Å². The zero-order valence-corrected chi connectivity index (χ0v) is 16.5. The Balaban J connectivity index is 3.49.